The normalized spacial score (nSPS) is 13.0. The highest BCUT2D eigenvalue weighted by Crippen LogP contribution is 2.45. The first-order chi connectivity index (χ1) is 20.6. The number of hydrogen-bond acceptors (Lipinski definition) is 2. The highest BCUT2D eigenvalue weighted by molar-refractivity contribution is 7.25. The third kappa shape index (κ3) is 3.20. The molecule has 9 rings (SSSR count). The summed E-state index contributed by atoms with van der Waals surface area (Å²) in [7, 11) is 0. The maximum absolute atomic E-state index is 2.55. The summed E-state index contributed by atoms with van der Waals surface area (Å²) in [6, 6.07) is 43.3. The van der Waals surface area contributed by atoms with Crippen LogP contribution in [0.15, 0.2) is 115 Å². The quantitative estimate of drug-likeness (QED) is 0.193. The Kier molecular flexibility index (Phi) is 4.98. The summed E-state index contributed by atoms with van der Waals surface area (Å²) in [5, 5.41) is 2.68. The van der Waals surface area contributed by atoms with Gasteiger partial charge in [-0.1, -0.05) is 89.9 Å². The smallest absolute Gasteiger partial charge is 0.248 e. The van der Waals surface area contributed by atoms with Crippen molar-refractivity contribution in [3.8, 4) is 22.3 Å². The number of nitrogens with zero attached hydrogens (tertiary/aromatic N) is 1. The van der Waals surface area contributed by atoms with Crippen molar-refractivity contribution in [3.63, 3.8) is 0 Å². The van der Waals surface area contributed by atoms with Gasteiger partial charge in [0.25, 0.3) is 0 Å². The lowest BCUT2D eigenvalue weighted by Gasteiger charge is -2.38. The monoisotopic (exact) mass is 553 g/mol. The van der Waals surface area contributed by atoms with Crippen LogP contribution >= 0.6 is 11.3 Å². The Morgan fingerprint density at radius 2 is 1.29 bits per heavy atom. The molecule has 2 aliphatic rings. The van der Waals surface area contributed by atoms with Crippen LogP contribution in [0.3, 0.4) is 0 Å². The number of benzene rings is 6. The van der Waals surface area contributed by atoms with Gasteiger partial charge >= 0.3 is 0 Å². The van der Waals surface area contributed by atoms with E-state index in [1.54, 1.807) is 0 Å². The highest BCUT2D eigenvalue weighted by atomic mass is 32.1. The SMILES string of the molecule is Cc1ccccc1N1c2cc(-c3ccc4sc5ccccc5c4c3)cc3c2B(c2cccc(C)c21)c1c(C)cccc1-3. The summed E-state index contributed by atoms with van der Waals surface area (Å²) < 4.78 is 2.69. The number of thiophene rings is 1. The Balaban J connectivity index is 1.39. The fourth-order valence-corrected chi connectivity index (χ4v) is 8.67. The molecule has 1 nitrogen and oxygen atoms in total. The van der Waals surface area contributed by atoms with Gasteiger partial charge in [-0.3, -0.25) is 0 Å². The van der Waals surface area contributed by atoms with E-state index in [1.807, 2.05) is 11.3 Å². The Morgan fingerprint density at radius 3 is 2.19 bits per heavy atom. The molecule has 0 saturated carbocycles. The van der Waals surface area contributed by atoms with Gasteiger partial charge in [0.1, 0.15) is 0 Å². The molecular weight excluding hydrogens is 525 g/mol. The van der Waals surface area contributed by atoms with Crippen LogP contribution in [0.1, 0.15) is 16.7 Å². The van der Waals surface area contributed by atoms with Crippen molar-refractivity contribution < 1.29 is 0 Å². The molecule has 0 saturated heterocycles. The number of rotatable bonds is 2. The number of anilines is 3. The largest absolute Gasteiger partial charge is 0.311 e. The molecule has 0 bridgehead atoms. The molecule has 2 aliphatic heterocycles. The minimum atomic E-state index is 0.235. The molecule has 0 amide bonds. The summed E-state index contributed by atoms with van der Waals surface area (Å²) in [4.78, 5) is 2.55. The highest BCUT2D eigenvalue weighted by Gasteiger charge is 2.44. The maximum atomic E-state index is 2.55. The molecular formula is C39H28BNS. The van der Waals surface area contributed by atoms with E-state index < -0.39 is 0 Å². The Morgan fingerprint density at radius 1 is 0.524 bits per heavy atom. The van der Waals surface area contributed by atoms with Crippen LogP contribution in [0.25, 0.3) is 42.4 Å². The first kappa shape index (κ1) is 24.0. The molecule has 0 fully saturated rings. The van der Waals surface area contributed by atoms with Gasteiger partial charge in [-0.15, -0.1) is 11.3 Å². The van der Waals surface area contributed by atoms with E-state index in [-0.39, 0.29) is 6.71 Å². The van der Waals surface area contributed by atoms with Gasteiger partial charge in [-0.05, 0) is 101 Å². The van der Waals surface area contributed by atoms with Gasteiger partial charge in [0, 0.05) is 37.2 Å². The van der Waals surface area contributed by atoms with Gasteiger partial charge in [-0.2, -0.15) is 0 Å². The summed E-state index contributed by atoms with van der Waals surface area (Å²) >= 11 is 1.88. The van der Waals surface area contributed by atoms with Crippen molar-refractivity contribution in [3.05, 3.63) is 132 Å². The molecule has 0 radical (unpaired) electrons. The zero-order valence-electron chi connectivity index (χ0n) is 23.9. The van der Waals surface area contributed by atoms with Gasteiger partial charge in [0.05, 0.1) is 0 Å². The van der Waals surface area contributed by atoms with Crippen molar-refractivity contribution in [2.24, 2.45) is 0 Å². The van der Waals surface area contributed by atoms with E-state index in [1.165, 1.54) is 92.6 Å². The molecule has 42 heavy (non-hydrogen) atoms. The standard InChI is InChI=1S/C39H28BNS/c1-23-10-4-6-16-33(23)41-34-22-27(26-18-19-36-30(20-26)28-13-5-7-17-35(28)42-36)21-31-29-14-8-11-24(2)37(29)40(38(31)34)32-15-9-12-25(3)39(32)41/h4-22H,1-3H3. The van der Waals surface area contributed by atoms with Crippen molar-refractivity contribution in [2.45, 2.75) is 20.8 Å². The first-order valence-corrected chi connectivity index (χ1v) is 15.5. The van der Waals surface area contributed by atoms with Crippen LogP contribution in [0, 0.1) is 20.8 Å². The van der Waals surface area contributed by atoms with Gasteiger partial charge in [-0.25, -0.2) is 0 Å². The molecule has 0 unspecified atom stereocenters. The summed E-state index contributed by atoms with van der Waals surface area (Å²) in [6.07, 6.45) is 0. The van der Waals surface area contributed by atoms with E-state index in [2.05, 4.69) is 141 Å². The number of aryl methyl sites for hydroxylation is 3. The van der Waals surface area contributed by atoms with Crippen LogP contribution in [0.5, 0.6) is 0 Å². The number of hydrogen-bond donors (Lipinski definition) is 0. The maximum Gasteiger partial charge on any atom is 0.248 e. The van der Waals surface area contributed by atoms with Crippen molar-refractivity contribution in [1.82, 2.24) is 0 Å². The average molecular weight is 554 g/mol. The van der Waals surface area contributed by atoms with Crippen LogP contribution in [-0.4, -0.2) is 6.71 Å². The van der Waals surface area contributed by atoms with E-state index in [0.717, 1.165) is 0 Å². The molecule has 0 atom stereocenters. The van der Waals surface area contributed by atoms with Crippen LogP contribution in [-0.2, 0) is 0 Å². The van der Waals surface area contributed by atoms with E-state index in [9.17, 15) is 0 Å². The first-order valence-electron chi connectivity index (χ1n) is 14.7. The molecule has 3 heterocycles. The average Bonchev–Trinajstić information content (AvgIpc) is 3.55. The zero-order valence-corrected chi connectivity index (χ0v) is 24.7. The summed E-state index contributed by atoms with van der Waals surface area (Å²) in [5.41, 5.74) is 17.4. The minimum absolute atomic E-state index is 0.235. The fraction of sp³-hybridized carbons (Fsp3) is 0.0769. The van der Waals surface area contributed by atoms with Crippen molar-refractivity contribution >= 4 is 71.7 Å². The second-order valence-corrected chi connectivity index (χ2v) is 13.0. The lowest BCUT2D eigenvalue weighted by molar-refractivity contribution is 1.24. The summed E-state index contributed by atoms with van der Waals surface area (Å²) in [5.74, 6) is 0. The van der Waals surface area contributed by atoms with Crippen LogP contribution < -0.4 is 21.3 Å². The van der Waals surface area contributed by atoms with Gasteiger partial charge in [0.2, 0.25) is 6.71 Å². The molecule has 198 valence electrons. The number of para-hydroxylation sites is 2. The fourth-order valence-electron chi connectivity index (χ4n) is 7.58. The topological polar surface area (TPSA) is 3.24 Å². The zero-order chi connectivity index (χ0) is 28.1. The van der Waals surface area contributed by atoms with Crippen LogP contribution in [0.2, 0.25) is 0 Å². The molecule has 0 spiro atoms. The lowest BCUT2D eigenvalue weighted by atomic mass is 9.36. The van der Waals surface area contributed by atoms with Crippen molar-refractivity contribution in [1.29, 1.82) is 0 Å². The molecule has 7 aromatic rings. The Hall–Kier alpha value is -4.60. The summed E-state index contributed by atoms with van der Waals surface area (Å²) in [6.45, 7) is 7.02. The molecule has 6 aromatic carbocycles. The predicted octanol–water partition coefficient (Wildman–Crippen LogP) is 8.93. The third-order valence-electron chi connectivity index (χ3n) is 9.46. The van der Waals surface area contributed by atoms with Crippen molar-refractivity contribution in [2.75, 3.05) is 4.90 Å². The van der Waals surface area contributed by atoms with Gasteiger partial charge in [0.15, 0.2) is 0 Å². The third-order valence-corrected chi connectivity index (χ3v) is 10.6. The van der Waals surface area contributed by atoms with Crippen LogP contribution in [0.4, 0.5) is 17.1 Å². The minimum Gasteiger partial charge on any atom is -0.311 e. The molecule has 1 aromatic heterocycles. The van der Waals surface area contributed by atoms with E-state index in [0.29, 0.717) is 0 Å². The lowest BCUT2D eigenvalue weighted by Crippen LogP contribution is -2.55. The Labute approximate surface area is 250 Å². The number of fused-ring (bicyclic) bond motifs is 8. The molecule has 0 aliphatic carbocycles. The second-order valence-electron chi connectivity index (χ2n) is 11.9. The molecule has 0 N–H and O–H groups in total. The van der Waals surface area contributed by atoms with E-state index >= 15 is 0 Å². The van der Waals surface area contributed by atoms with Gasteiger partial charge < -0.3 is 4.90 Å². The predicted molar refractivity (Wildman–Crippen MR) is 184 cm³/mol. The van der Waals surface area contributed by atoms with E-state index in [4.69, 9.17) is 0 Å². The molecule has 3 heteroatoms. The second kappa shape index (κ2) is 8.70. The Bertz CT molecular complexity index is 2260.